The molecule has 1 aliphatic heterocycles. The van der Waals surface area contributed by atoms with E-state index < -0.39 is 0 Å². The van der Waals surface area contributed by atoms with Gasteiger partial charge in [-0.15, -0.1) is 0 Å². The average Bonchev–Trinajstić information content (AvgIpc) is 2.51. The van der Waals surface area contributed by atoms with E-state index in [0.29, 0.717) is 5.78 Å². The van der Waals surface area contributed by atoms with Gasteiger partial charge in [-0.25, -0.2) is 0 Å². The number of pyridine rings is 2. The summed E-state index contributed by atoms with van der Waals surface area (Å²) in [4.78, 5) is 23.1. The minimum atomic E-state index is -0.0742. The van der Waals surface area contributed by atoms with Gasteiger partial charge in [0, 0.05) is 37.9 Å². The summed E-state index contributed by atoms with van der Waals surface area (Å²) in [6.07, 6.45) is 6.99. The van der Waals surface area contributed by atoms with Gasteiger partial charge in [0.1, 0.15) is 5.78 Å². The highest BCUT2D eigenvalue weighted by Gasteiger charge is 2.35. The molecule has 3 rings (SSSR count). The molecular weight excluding hydrogens is 250 g/mol. The van der Waals surface area contributed by atoms with Gasteiger partial charge in [-0.2, -0.15) is 0 Å². The number of carbonyl (C=O) groups is 1. The van der Waals surface area contributed by atoms with Crippen molar-refractivity contribution < 1.29 is 4.79 Å². The lowest BCUT2D eigenvalue weighted by Gasteiger charge is -2.34. The van der Waals surface area contributed by atoms with Crippen LogP contribution in [-0.2, 0) is 4.79 Å². The molecule has 4 nitrogen and oxygen atoms in total. The number of aromatic nitrogens is 2. The van der Waals surface area contributed by atoms with Crippen LogP contribution in [0.3, 0.4) is 0 Å². The summed E-state index contributed by atoms with van der Waals surface area (Å²) in [5, 5.41) is 0. The maximum Gasteiger partial charge on any atom is 0.150 e. The van der Waals surface area contributed by atoms with Crippen LogP contribution in [0.5, 0.6) is 0 Å². The minimum absolute atomic E-state index is 0.0742. The highest BCUT2D eigenvalue weighted by molar-refractivity contribution is 5.93. The van der Waals surface area contributed by atoms with E-state index in [9.17, 15) is 4.79 Å². The molecule has 1 aliphatic rings. The lowest BCUT2D eigenvalue weighted by Crippen LogP contribution is -2.42. The molecule has 102 valence electrons. The summed E-state index contributed by atoms with van der Waals surface area (Å²) in [5.41, 5.74) is 2.10. The fourth-order valence-electron chi connectivity index (χ4n) is 2.85. The van der Waals surface area contributed by atoms with Gasteiger partial charge in [0.05, 0.1) is 11.8 Å². The van der Waals surface area contributed by atoms with Crippen LogP contribution in [0.2, 0.25) is 0 Å². The standard InChI is InChI=1S/C16H17N3O/c1-19-10-14(12-2-6-17-7-3-12)16(20)15(11-19)13-4-8-18-9-5-13/h2-9,14-15H,10-11H2,1H3. The molecule has 0 spiro atoms. The molecule has 2 aromatic heterocycles. The van der Waals surface area contributed by atoms with E-state index in [-0.39, 0.29) is 11.8 Å². The largest absolute Gasteiger partial charge is 0.304 e. The normalized spacial score (nSPS) is 23.8. The van der Waals surface area contributed by atoms with E-state index in [1.165, 1.54) is 0 Å². The highest BCUT2D eigenvalue weighted by atomic mass is 16.1. The molecule has 1 fully saturated rings. The third kappa shape index (κ3) is 2.47. The van der Waals surface area contributed by atoms with Crippen LogP contribution >= 0.6 is 0 Å². The number of piperidine rings is 1. The zero-order valence-corrected chi connectivity index (χ0v) is 11.4. The number of likely N-dealkylation sites (N-methyl/N-ethyl adjacent to an activating group) is 1. The predicted octanol–water partition coefficient (Wildman–Crippen LogP) is 1.86. The fraction of sp³-hybridized carbons (Fsp3) is 0.312. The zero-order chi connectivity index (χ0) is 13.9. The van der Waals surface area contributed by atoms with E-state index in [4.69, 9.17) is 0 Å². The van der Waals surface area contributed by atoms with Gasteiger partial charge in [0.25, 0.3) is 0 Å². The molecule has 1 saturated heterocycles. The first-order valence-electron chi connectivity index (χ1n) is 6.78. The lowest BCUT2D eigenvalue weighted by atomic mass is 9.80. The number of nitrogens with zero attached hydrogens (tertiary/aromatic N) is 3. The molecule has 0 saturated carbocycles. The van der Waals surface area contributed by atoms with Crippen molar-refractivity contribution in [1.29, 1.82) is 0 Å². The lowest BCUT2D eigenvalue weighted by molar-refractivity contribution is -0.124. The van der Waals surface area contributed by atoms with E-state index in [2.05, 4.69) is 21.9 Å². The van der Waals surface area contributed by atoms with Crippen molar-refractivity contribution in [3.8, 4) is 0 Å². The molecule has 2 unspecified atom stereocenters. The third-order valence-electron chi connectivity index (χ3n) is 3.89. The predicted molar refractivity (Wildman–Crippen MR) is 76.5 cm³/mol. The van der Waals surface area contributed by atoms with Crippen molar-refractivity contribution in [2.45, 2.75) is 11.8 Å². The van der Waals surface area contributed by atoms with E-state index >= 15 is 0 Å². The number of likely N-dealkylation sites (tertiary alicyclic amines) is 1. The Hall–Kier alpha value is -2.07. The summed E-state index contributed by atoms with van der Waals surface area (Å²) in [6, 6.07) is 7.74. The average molecular weight is 267 g/mol. The van der Waals surface area contributed by atoms with Gasteiger partial charge in [0.15, 0.2) is 0 Å². The monoisotopic (exact) mass is 267 g/mol. The maximum absolute atomic E-state index is 12.8. The Kier molecular flexibility index (Phi) is 3.56. The Morgan fingerprint density at radius 3 is 1.70 bits per heavy atom. The minimum Gasteiger partial charge on any atom is -0.304 e. The molecule has 0 aliphatic carbocycles. The summed E-state index contributed by atoms with van der Waals surface area (Å²) in [5.74, 6) is 0.144. The molecule has 3 heterocycles. The van der Waals surface area contributed by atoms with E-state index in [1.54, 1.807) is 24.8 Å². The van der Waals surface area contributed by atoms with E-state index in [1.807, 2.05) is 24.3 Å². The second-order valence-corrected chi connectivity index (χ2v) is 5.29. The summed E-state index contributed by atoms with van der Waals surface area (Å²) < 4.78 is 0. The first-order valence-corrected chi connectivity index (χ1v) is 6.78. The third-order valence-corrected chi connectivity index (χ3v) is 3.89. The molecule has 0 radical (unpaired) electrons. The Labute approximate surface area is 118 Å². The van der Waals surface area contributed by atoms with E-state index in [0.717, 1.165) is 24.2 Å². The molecule has 0 aromatic carbocycles. The van der Waals surface area contributed by atoms with Crippen LogP contribution in [0.25, 0.3) is 0 Å². The Morgan fingerprint density at radius 1 is 0.900 bits per heavy atom. The molecule has 4 heteroatoms. The Balaban J connectivity index is 1.92. The summed E-state index contributed by atoms with van der Waals surface area (Å²) >= 11 is 0. The van der Waals surface area contributed by atoms with Crippen molar-refractivity contribution in [1.82, 2.24) is 14.9 Å². The summed E-state index contributed by atoms with van der Waals surface area (Å²) in [7, 11) is 2.06. The van der Waals surface area contributed by atoms with Gasteiger partial charge < -0.3 is 4.90 Å². The number of hydrogen-bond acceptors (Lipinski definition) is 4. The topological polar surface area (TPSA) is 46.1 Å². The van der Waals surface area contributed by atoms with Crippen LogP contribution in [0.15, 0.2) is 49.1 Å². The second-order valence-electron chi connectivity index (χ2n) is 5.29. The van der Waals surface area contributed by atoms with Crippen LogP contribution in [0.1, 0.15) is 23.0 Å². The first-order chi connectivity index (χ1) is 9.75. The number of Topliss-reactive ketones (excluding diaryl/α,β-unsaturated/α-hetero) is 1. The number of carbonyl (C=O) groups excluding carboxylic acids is 1. The summed E-state index contributed by atoms with van der Waals surface area (Å²) in [6.45, 7) is 1.54. The zero-order valence-electron chi connectivity index (χ0n) is 11.4. The number of hydrogen-bond donors (Lipinski definition) is 0. The Bertz CT molecular complexity index is 534. The SMILES string of the molecule is CN1CC(c2ccncc2)C(=O)C(c2ccncc2)C1. The number of ketones is 1. The first kappa shape index (κ1) is 12.9. The molecule has 0 amide bonds. The molecule has 0 bridgehead atoms. The van der Waals surface area contributed by atoms with Crippen LogP contribution in [0, 0.1) is 0 Å². The van der Waals surface area contributed by atoms with Crippen molar-refractivity contribution >= 4 is 5.78 Å². The Morgan fingerprint density at radius 2 is 1.30 bits per heavy atom. The van der Waals surface area contributed by atoms with Crippen molar-refractivity contribution in [2.24, 2.45) is 0 Å². The second kappa shape index (κ2) is 5.51. The van der Waals surface area contributed by atoms with Gasteiger partial charge in [0.2, 0.25) is 0 Å². The molecule has 20 heavy (non-hydrogen) atoms. The quantitative estimate of drug-likeness (QED) is 0.833. The molecule has 2 atom stereocenters. The van der Waals surface area contributed by atoms with Crippen LogP contribution in [0.4, 0.5) is 0 Å². The molecule has 2 aromatic rings. The van der Waals surface area contributed by atoms with Crippen molar-refractivity contribution in [2.75, 3.05) is 20.1 Å². The van der Waals surface area contributed by atoms with Crippen molar-refractivity contribution in [3.05, 3.63) is 60.2 Å². The maximum atomic E-state index is 12.8. The van der Waals surface area contributed by atoms with Crippen LogP contribution in [-0.4, -0.2) is 40.8 Å². The number of rotatable bonds is 2. The van der Waals surface area contributed by atoms with Gasteiger partial charge in [-0.1, -0.05) is 0 Å². The smallest absolute Gasteiger partial charge is 0.150 e. The van der Waals surface area contributed by atoms with Crippen molar-refractivity contribution in [3.63, 3.8) is 0 Å². The molecular formula is C16H17N3O. The van der Waals surface area contributed by atoms with Crippen LogP contribution < -0.4 is 0 Å². The molecule has 0 N–H and O–H groups in total. The van der Waals surface area contributed by atoms with Gasteiger partial charge >= 0.3 is 0 Å². The fourth-order valence-corrected chi connectivity index (χ4v) is 2.85. The van der Waals surface area contributed by atoms with Gasteiger partial charge in [-0.3, -0.25) is 14.8 Å². The van der Waals surface area contributed by atoms with Gasteiger partial charge in [-0.05, 0) is 42.4 Å². The highest BCUT2D eigenvalue weighted by Crippen LogP contribution is 2.31.